The van der Waals surface area contributed by atoms with Gasteiger partial charge in [0.1, 0.15) is 0 Å². The molecule has 0 aliphatic rings. The average Bonchev–Trinajstić information content (AvgIpc) is 2.31. The van der Waals surface area contributed by atoms with Gasteiger partial charge in [-0.05, 0) is 18.2 Å². The minimum Gasteiger partial charge on any atom is -0.366 e. The predicted octanol–water partition coefficient (Wildman–Crippen LogP) is 1.32. The molecule has 0 unspecified atom stereocenters. The summed E-state index contributed by atoms with van der Waals surface area (Å²) in [6.45, 7) is 0. The highest BCUT2D eigenvalue weighted by atomic mass is 16.1. The van der Waals surface area contributed by atoms with Gasteiger partial charge in [0.2, 0.25) is 5.95 Å². The summed E-state index contributed by atoms with van der Waals surface area (Å²) in [5.41, 5.74) is 6.26. The molecular weight excluding hydrogens is 204 g/mol. The maximum atomic E-state index is 11.2. The number of carbonyl (C=O) groups excluding carboxylic acids is 1. The van der Waals surface area contributed by atoms with Crippen LogP contribution in [0, 0.1) is 0 Å². The number of nitrogens with one attached hydrogen (secondary N) is 1. The standard InChI is InChI=1S/C11H10N4O/c12-10(16)8-4-1-2-5-9(8)15-11-13-6-3-7-14-11/h1-7H,(H2,12,16)(H,13,14,15). The van der Waals surface area contributed by atoms with Crippen LogP contribution in [0.4, 0.5) is 11.6 Å². The van der Waals surface area contributed by atoms with Crippen molar-refractivity contribution >= 4 is 17.5 Å². The van der Waals surface area contributed by atoms with E-state index in [0.717, 1.165) is 0 Å². The molecule has 16 heavy (non-hydrogen) atoms. The number of nitrogens with zero attached hydrogens (tertiary/aromatic N) is 2. The van der Waals surface area contributed by atoms with E-state index < -0.39 is 5.91 Å². The zero-order valence-electron chi connectivity index (χ0n) is 8.42. The highest BCUT2D eigenvalue weighted by Crippen LogP contribution is 2.17. The third kappa shape index (κ3) is 2.14. The van der Waals surface area contributed by atoms with Gasteiger partial charge in [0, 0.05) is 12.4 Å². The van der Waals surface area contributed by atoms with Crippen molar-refractivity contribution in [3.8, 4) is 0 Å². The van der Waals surface area contributed by atoms with Gasteiger partial charge in [0.15, 0.2) is 0 Å². The van der Waals surface area contributed by atoms with E-state index in [9.17, 15) is 4.79 Å². The molecule has 1 aromatic carbocycles. The minimum absolute atomic E-state index is 0.412. The van der Waals surface area contributed by atoms with Crippen molar-refractivity contribution in [3.63, 3.8) is 0 Å². The van der Waals surface area contributed by atoms with Crippen molar-refractivity contribution < 1.29 is 4.79 Å². The van der Waals surface area contributed by atoms with Crippen molar-refractivity contribution in [1.29, 1.82) is 0 Å². The molecule has 0 radical (unpaired) electrons. The first-order valence-electron chi connectivity index (χ1n) is 4.70. The highest BCUT2D eigenvalue weighted by Gasteiger charge is 2.07. The number of carbonyl (C=O) groups is 1. The van der Waals surface area contributed by atoms with Crippen molar-refractivity contribution in [2.24, 2.45) is 5.73 Å². The second kappa shape index (κ2) is 4.39. The second-order valence-corrected chi connectivity index (χ2v) is 3.11. The molecule has 0 fully saturated rings. The first kappa shape index (κ1) is 10.1. The van der Waals surface area contributed by atoms with E-state index in [-0.39, 0.29) is 0 Å². The van der Waals surface area contributed by atoms with E-state index in [2.05, 4.69) is 15.3 Å². The van der Waals surface area contributed by atoms with E-state index in [1.807, 2.05) is 0 Å². The van der Waals surface area contributed by atoms with Crippen molar-refractivity contribution in [1.82, 2.24) is 9.97 Å². The Morgan fingerprint density at radius 1 is 1.12 bits per heavy atom. The molecule has 5 nitrogen and oxygen atoms in total. The lowest BCUT2D eigenvalue weighted by molar-refractivity contribution is 0.100. The summed E-state index contributed by atoms with van der Waals surface area (Å²) in [7, 11) is 0. The number of para-hydroxylation sites is 1. The summed E-state index contributed by atoms with van der Waals surface area (Å²) in [5, 5.41) is 2.93. The van der Waals surface area contributed by atoms with Crippen LogP contribution in [-0.2, 0) is 0 Å². The largest absolute Gasteiger partial charge is 0.366 e. The van der Waals surface area contributed by atoms with Crippen LogP contribution in [-0.4, -0.2) is 15.9 Å². The van der Waals surface area contributed by atoms with Crippen LogP contribution in [0.1, 0.15) is 10.4 Å². The fourth-order valence-corrected chi connectivity index (χ4v) is 1.29. The van der Waals surface area contributed by atoms with Crippen LogP contribution in [0.15, 0.2) is 42.7 Å². The summed E-state index contributed by atoms with van der Waals surface area (Å²) in [5.74, 6) is -0.0600. The molecule has 3 N–H and O–H groups in total. The van der Waals surface area contributed by atoms with Gasteiger partial charge in [0.25, 0.3) is 5.91 Å². The lowest BCUT2D eigenvalue weighted by atomic mass is 10.1. The average molecular weight is 214 g/mol. The zero-order valence-corrected chi connectivity index (χ0v) is 8.42. The normalized spacial score (nSPS) is 9.75. The van der Waals surface area contributed by atoms with Gasteiger partial charge in [-0.3, -0.25) is 4.79 Å². The van der Waals surface area contributed by atoms with Crippen LogP contribution in [0.5, 0.6) is 0 Å². The topological polar surface area (TPSA) is 80.9 Å². The molecule has 1 heterocycles. The number of nitrogens with two attached hydrogens (primary N) is 1. The third-order valence-electron chi connectivity index (χ3n) is 2.00. The third-order valence-corrected chi connectivity index (χ3v) is 2.00. The van der Waals surface area contributed by atoms with Gasteiger partial charge in [-0.1, -0.05) is 12.1 Å². The van der Waals surface area contributed by atoms with Crippen LogP contribution in [0.25, 0.3) is 0 Å². The number of anilines is 2. The van der Waals surface area contributed by atoms with Crippen molar-refractivity contribution in [2.75, 3.05) is 5.32 Å². The van der Waals surface area contributed by atoms with Crippen molar-refractivity contribution in [3.05, 3.63) is 48.3 Å². The van der Waals surface area contributed by atoms with Gasteiger partial charge in [0.05, 0.1) is 11.3 Å². The molecule has 5 heteroatoms. The molecule has 0 bridgehead atoms. The zero-order chi connectivity index (χ0) is 11.4. The molecule has 0 saturated heterocycles. The maximum Gasteiger partial charge on any atom is 0.250 e. The first-order valence-corrected chi connectivity index (χ1v) is 4.70. The Balaban J connectivity index is 2.31. The fourth-order valence-electron chi connectivity index (χ4n) is 1.29. The van der Waals surface area contributed by atoms with Crippen LogP contribution in [0.2, 0.25) is 0 Å². The number of hydrogen-bond donors (Lipinski definition) is 2. The molecule has 2 aromatic rings. The Hall–Kier alpha value is -2.43. The quantitative estimate of drug-likeness (QED) is 0.807. The van der Waals surface area contributed by atoms with Gasteiger partial charge >= 0.3 is 0 Å². The SMILES string of the molecule is NC(=O)c1ccccc1Nc1ncccn1. The molecular formula is C11H10N4O. The number of hydrogen-bond acceptors (Lipinski definition) is 4. The number of aromatic nitrogens is 2. The molecule has 0 spiro atoms. The number of amides is 1. The monoisotopic (exact) mass is 214 g/mol. The Morgan fingerprint density at radius 2 is 1.81 bits per heavy atom. The van der Waals surface area contributed by atoms with E-state index >= 15 is 0 Å². The Bertz CT molecular complexity index is 498. The molecule has 80 valence electrons. The van der Waals surface area contributed by atoms with Gasteiger partial charge in [-0.15, -0.1) is 0 Å². The highest BCUT2D eigenvalue weighted by molar-refractivity contribution is 5.98. The van der Waals surface area contributed by atoms with E-state index in [4.69, 9.17) is 5.73 Å². The van der Waals surface area contributed by atoms with E-state index in [1.165, 1.54) is 0 Å². The Morgan fingerprint density at radius 3 is 2.50 bits per heavy atom. The Labute approximate surface area is 92.3 Å². The van der Waals surface area contributed by atoms with Gasteiger partial charge in [-0.25, -0.2) is 9.97 Å². The number of benzene rings is 1. The molecule has 0 aliphatic heterocycles. The van der Waals surface area contributed by atoms with E-state index in [1.54, 1.807) is 42.7 Å². The molecule has 0 atom stereocenters. The van der Waals surface area contributed by atoms with Crippen LogP contribution < -0.4 is 11.1 Å². The Kier molecular flexibility index (Phi) is 2.77. The molecule has 0 aliphatic carbocycles. The summed E-state index contributed by atoms with van der Waals surface area (Å²) < 4.78 is 0. The maximum absolute atomic E-state index is 11.2. The lowest BCUT2D eigenvalue weighted by Crippen LogP contribution is -2.13. The predicted molar refractivity (Wildman–Crippen MR) is 60.3 cm³/mol. The first-order chi connectivity index (χ1) is 7.77. The molecule has 2 rings (SSSR count). The summed E-state index contributed by atoms with van der Waals surface area (Å²) in [6, 6.07) is 8.66. The summed E-state index contributed by atoms with van der Waals surface area (Å²) in [6.07, 6.45) is 3.23. The van der Waals surface area contributed by atoms with Crippen LogP contribution in [0.3, 0.4) is 0 Å². The fraction of sp³-hybridized carbons (Fsp3) is 0. The van der Waals surface area contributed by atoms with Gasteiger partial charge in [-0.2, -0.15) is 0 Å². The van der Waals surface area contributed by atoms with Crippen LogP contribution >= 0.6 is 0 Å². The summed E-state index contributed by atoms with van der Waals surface area (Å²) in [4.78, 5) is 19.2. The van der Waals surface area contributed by atoms with Crippen molar-refractivity contribution in [2.45, 2.75) is 0 Å². The number of rotatable bonds is 3. The molecule has 1 amide bonds. The van der Waals surface area contributed by atoms with E-state index in [0.29, 0.717) is 17.2 Å². The minimum atomic E-state index is -0.487. The smallest absolute Gasteiger partial charge is 0.250 e. The lowest BCUT2D eigenvalue weighted by Gasteiger charge is -2.07. The molecule has 1 aromatic heterocycles. The molecule has 0 saturated carbocycles. The number of primary amides is 1. The van der Waals surface area contributed by atoms with Gasteiger partial charge < -0.3 is 11.1 Å². The second-order valence-electron chi connectivity index (χ2n) is 3.11. The summed E-state index contributed by atoms with van der Waals surface area (Å²) >= 11 is 0.